The maximum absolute atomic E-state index is 12.8. The van der Waals surface area contributed by atoms with E-state index in [1.807, 2.05) is 60.2 Å². The molecular weight excluding hydrogens is 427 g/mol. The molecule has 0 bridgehead atoms. The Bertz CT molecular complexity index is 1140. The van der Waals surface area contributed by atoms with E-state index in [1.54, 1.807) is 0 Å². The molecule has 3 N–H and O–H groups in total. The van der Waals surface area contributed by atoms with E-state index in [0.717, 1.165) is 45.8 Å². The van der Waals surface area contributed by atoms with Crippen LogP contribution >= 0.6 is 0 Å². The molecule has 1 heterocycles. The first-order chi connectivity index (χ1) is 15.7. The highest BCUT2D eigenvalue weighted by molar-refractivity contribution is 5.76. The van der Waals surface area contributed by atoms with Gasteiger partial charge in [0.15, 0.2) is 0 Å². The number of nitrogens with zero attached hydrogens (tertiary/aromatic N) is 1. The van der Waals surface area contributed by atoms with Crippen LogP contribution in [0.2, 0.25) is 0 Å². The van der Waals surface area contributed by atoms with Crippen molar-refractivity contribution in [3.63, 3.8) is 0 Å². The third kappa shape index (κ3) is 6.38. The monoisotopic (exact) mass is 453 g/mol. The standard InChI is InChI=1S/C26H26F3N3O/c1-3-4-24-23(18(2)31-16-20-7-5-19(6-8-20)15-25(30)33)13-14-32(24)17-21-9-11-22(12-10-21)26(27,28)29/h3-14,31H,2,15-17H2,1H3,(H2,30,33)/b4-3+. The Hall–Kier alpha value is -3.74. The van der Waals surface area contributed by atoms with Crippen molar-refractivity contribution in [3.8, 4) is 0 Å². The van der Waals surface area contributed by atoms with Gasteiger partial charge in [0.05, 0.1) is 17.7 Å². The Labute approximate surface area is 191 Å². The van der Waals surface area contributed by atoms with Crippen LogP contribution in [0.5, 0.6) is 0 Å². The molecule has 0 aliphatic rings. The van der Waals surface area contributed by atoms with E-state index >= 15 is 0 Å². The molecule has 7 heteroatoms. The predicted molar refractivity (Wildman–Crippen MR) is 125 cm³/mol. The number of aromatic nitrogens is 1. The van der Waals surface area contributed by atoms with Gasteiger partial charge in [0.25, 0.3) is 0 Å². The van der Waals surface area contributed by atoms with E-state index in [0.29, 0.717) is 13.1 Å². The zero-order valence-electron chi connectivity index (χ0n) is 18.3. The summed E-state index contributed by atoms with van der Waals surface area (Å²) in [6, 6.07) is 14.7. The quantitative estimate of drug-likeness (QED) is 0.457. The number of halogens is 3. The van der Waals surface area contributed by atoms with Crippen LogP contribution in [0.1, 0.15) is 40.4 Å². The number of primary amides is 1. The van der Waals surface area contributed by atoms with Gasteiger partial charge in [-0.3, -0.25) is 4.79 Å². The summed E-state index contributed by atoms with van der Waals surface area (Å²) < 4.78 is 40.4. The number of rotatable bonds is 9. The molecule has 1 amide bonds. The van der Waals surface area contributed by atoms with Crippen LogP contribution in [0.4, 0.5) is 13.2 Å². The highest BCUT2D eigenvalue weighted by Gasteiger charge is 2.29. The summed E-state index contributed by atoms with van der Waals surface area (Å²) in [6.45, 7) is 7.05. The Morgan fingerprint density at radius 3 is 2.21 bits per heavy atom. The number of allylic oxidation sites excluding steroid dienone is 1. The second-order valence-corrected chi connectivity index (χ2v) is 7.73. The zero-order chi connectivity index (χ0) is 24.0. The topological polar surface area (TPSA) is 60.0 Å². The number of amides is 1. The van der Waals surface area contributed by atoms with Crippen molar-refractivity contribution in [2.45, 2.75) is 32.6 Å². The molecule has 0 unspecified atom stereocenters. The molecule has 0 aliphatic carbocycles. The summed E-state index contributed by atoms with van der Waals surface area (Å²) in [7, 11) is 0. The fourth-order valence-corrected chi connectivity index (χ4v) is 3.50. The van der Waals surface area contributed by atoms with Gasteiger partial charge < -0.3 is 15.6 Å². The largest absolute Gasteiger partial charge is 0.416 e. The smallest absolute Gasteiger partial charge is 0.381 e. The highest BCUT2D eigenvalue weighted by Crippen LogP contribution is 2.29. The van der Waals surface area contributed by atoms with Gasteiger partial charge in [0, 0.05) is 30.5 Å². The minimum atomic E-state index is -4.35. The van der Waals surface area contributed by atoms with Gasteiger partial charge in [-0.25, -0.2) is 0 Å². The number of hydrogen-bond acceptors (Lipinski definition) is 2. The Balaban J connectivity index is 1.70. The SMILES string of the molecule is C=C(NCc1ccc(CC(N)=O)cc1)c1ccn(Cc2ccc(C(F)(F)F)cc2)c1/C=C/C. The molecule has 0 radical (unpaired) electrons. The van der Waals surface area contributed by atoms with Crippen LogP contribution in [-0.4, -0.2) is 10.5 Å². The highest BCUT2D eigenvalue weighted by atomic mass is 19.4. The first kappa shape index (κ1) is 23.9. The summed E-state index contributed by atoms with van der Waals surface area (Å²) >= 11 is 0. The van der Waals surface area contributed by atoms with Crippen molar-refractivity contribution >= 4 is 17.7 Å². The third-order valence-electron chi connectivity index (χ3n) is 5.20. The molecule has 0 saturated heterocycles. The molecule has 172 valence electrons. The van der Waals surface area contributed by atoms with Crippen LogP contribution in [-0.2, 0) is 30.5 Å². The Morgan fingerprint density at radius 2 is 1.64 bits per heavy atom. The van der Waals surface area contributed by atoms with E-state index in [2.05, 4.69) is 11.9 Å². The summed E-state index contributed by atoms with van der Waals surface area (Å²) in [6.07, 6.45) is 1.62. The average molecular weight is 454 g/mol. The number of carbonyl (C=O) groups excluding carboxylic acids is 1. The summed E-state index contributed by atoms with van der Waals surface area (Å²) in [5.41, 5.74) is 9.77. The van der Waals surface area contributed by atoms with E-state index in [-0.39, 0.29) is 12.3 Å². The second kappa shape index (κ2) is 10.3. The predicted octanol–water partition coefficient (Wildman–Crippen LogP) is 5.38. The number of alkyl halides is 3. The molecule has 0 atom stereocenters. The molecule has 0 aliphatic heterocycles. The maximum Gasteiger partial charge on any atom is 0.416 e. The van der Waals surface area contributed by atoms with Gasteiger partial charge in [0.1, 0.15) is 0 Å². The molecule has 0 saturated carbocycles. The minimum Gasteiger partial charge on any atom is -0.381 e. The number of carbonyl (C=O) groups is 1. The van der Waals surface area contributed by atoms with E-state index in [9.17, 15) is 18.0 Å². The average Bonchev–Trinajstić information content (AvgIpc) is 3.15. The van der Waals surface area contributed by atoms with Gasteiger partial charge in [-0.2, -0.15) is 13.2 Å². The van der Waals surface area contributed by atoms with Gasteiger partial charge in [-0.05, 0) is 47.9 Å². The molecule has 3 aromatic rings. The lowest BCUT2D eigenvalue weighted by atomic mass is 10.1. The van der Waals surface area contributed by atoms with Crippen molar-refractivity contribution in [1.82, 2.24) is 9.88 Å². The van der Waals surface area contributed by atoms with Crippen molar-refractivity contribution in [1.29, 1.82) is 0 Å². The van der Waals surface area contributed by atoms with Crippen molar-refractivity contribution < 1.29 is 18.0 Å². The molecule has 3 rings (SSSR count). The lowest BCUT2D eigenvalue weighted by Crippen LogP contribution is -2.14. The van der Waals surface area contributed by atoms with Crippen LogP contribution in [0.3, 0.4) is 0 Å². The first-order valence-electron chi connectivity index (χ1n) is 10.4. The number of nitrogens with two attached hydrogens (primary N) is 1. The Morgan fingerprint density at radius 1 is 1.03 bits per heavy atom. The summed E-state index contributed by atoms with van der Waals surface area (Å²) in [4.78, 5) is 11.0. The van der Waals surface area contributed by atoms with Gasteiger partial charge in [-0.15, -0.1) is 0 Å². The second-order valence-electron chi connectivity index (χ2n) is 7.73. The van der Waals surface area contributed by atoms with Crippen LogP contribution < -0.4 is 11.1 Å². The summed E-state index contributed by atoms with van der Waals surface area (Å²) in [5, 5.41) is 3.32. The number of hydrogen-bond donors (Lipinski definition) is 2. The number of nitrogens with one attached hydrogen (secondary N) is 1. The molecule has 0 fully saturated rings. The van der Waals surface area contributed by atoms with E-state index in [1.165, 1.54) is 12.1 Å². The normalized spacial score (nSPS) is 11.6. The van der Waals surface area contributed by atoms with E-state index < -0.39 is 11.7 Å². The first-order valence-corrected chi connectivity index (χ1v) is 10.4. The van der Waals surface area contributed by atoms with Crippen LogP contribution in [0.25, 0.3) is 11.8 Å². The van der Waals surface area contributed by atoms with Crippen LogP contribution in [0, 0.1) is 0 Å². The molecule has 1 aromatic heterocycles. The summed E-state index contributed by atoms with van der Waals surface area (Å²) in [5.74, 6) is -0.369. The van der Waals surface area contributed by atoms with E-state index in [4.69, 9.17) is 5.73 Å². The van der Waals surface area contributed by atoms with Crippen molar-refractivity contribution in [2.24, 2.45) is 5.73 Å². The fourth-order valence-electron chi connectivity index (χ4n) is 3.50. The van der Waals surface area contributed by atoms with Crippen LogP contribution in [0.15, 0.2) is 73.4 Å². The molecule has 0 spiro atoms. The van der Waals surface area contributed by atoms with Crippen molar-refractivity contribution in [2.75, 3.05) is 0 Å². The Kier molecular flexibility index (Phi) is 7.43. The maximum atomic E-state index is 12.8. The fraction of sp³-hybridized carbons (Fsp3) is 0.192. The van der Waals surface area contributed by atoms with Gasteiger partial charge >= 0.3 is 6.18 Å². The van der Waals surface area contributed by atoms with Gasteiger partial charge in [0.2, 0.25) is 5.91 Å². The third-order valence-corrected chi connectivity index (χ3v) is 5.20. The molecule has 4 nitrogen and oxygen atoms in total. The molecule has 2 aromatic carbocycles. The van der Waals surface area contributed by atoms with Gasteiger partial charge in [-0.1, -0.05) is 49.1 Å². The number of benzene rings is 2. The zero-order valence-corrected chi connectivity index (χ0v) is 18.3. The molecule has 33 heavy (non-hydrogen) atoms. The lowest BCUT2D eigenvalue weighted by molar-refractivity contribution is -0.137. The molecular formula is C26H26F3N3O. The minimum absolute atomic E-state index is 0.208. The lowest BCUT2D eigenvalue weighted by Gasteiger charge is -2.13. The van der Waals surface area contributed by atoms with Crippen molar-refractivity contribution in [3.05, 3.63) is 107 Å².